The molecule has 4 heteroatoms. The van der Waals surface area contributed by atoms with Gasteiger partial charge < -0.3 is 9.80 Å². The maximum absolute atomic E-state index is 13.3. The van der Waals surface area contributed by atoms with Crippen molar-refractivity contribution in [3.63, 3.8) is 0 Å². The van der Waals surface area contributed by atoms with Crippen LogP contribution in [0.4, 0.5) is 4.39 Å². The molecule has 3 nitrogen and oxygen atoms in total. The highest BCUT2D eigenvalue weighted by Crippen LogP contribution is 2.54. The summed E-state index contributed by atoms with van der Waals surface area (Å²) >= 11 is 0. The van der Waals surface area contributed by atoms with E-state index in [9.17, 15) is 9.18 Å². The predicted molar refractivity (Wildman–Crippen MR) is 136 cm³/mol. The molecule has 182 valence electrons. The second kappa shape index (κ2) is 12.0. The number of rotatable bonds is 5. The number of piperidine rings is 2. The van der Waals surface area contributed by atoms with Crippen molar-refractivity contribution in [1.29, 1.82) is 0 Å². The molecular weight excluding hydrogens is 411 g/mol. The summed E-state index contributed by atoms with van der Waals surface area (Å²) in [7, 11) is 0.500. The maximum Gasteiger partial charge on any atom is 0.230 e. The Kier molecular flexibility index (Phi) is 9.31. The lowest BCUT2D eigenvalue weighted by Gasteiger charge is -2.45. The number of halogens is 1. The number of hydrogen-bond donors (Lipinski definition) is 0. The number of hydrogen-bond acceptors (Lipinski definition) is 2. The number of amides is 1. The van der Waals surface area contributed by atoms with Gasteiger partial charge in [-0.05, 0) is 61.0 Å². The van der Waals surface area contributed by atoms with E-state index in [0.717, 1.165) is 63.6 Å². The second-order valence-electron chi connectivity index (χ2n) is 9.58. The summed E-state index contributed by atoms with van der Waals surface area (Å²) in [5, 5.41) is 0. The van der Waals surface area contributed by atoms with Gasteiger partial charge in [0, 0.05) is 37.3 Å². The molecule has 2 aliphatic carbocycles. The summed E-state index contributed by atoms with van der Waals surface area (Å²) in [4.78, 5) is 18.2. The number of allylic oxidation sites excluding steroid dienone is 3. The van der Waals surface area contributed by atoms with E-state index >= 15 is 0 Å². The molecule has 2 heterocycles. The second-order valence-corrected chi connectivity index (χ2v) is 9.58. The van der Waals surface area contributed by atoms with E-state index in [1.165, 1.54) is 16.8 Å². The molecule has 2 saturated heterocycles. The maximum atomic E-state index is 13.3. The van der Waals surface area contributed by atoms with Gasteiger partial charge >= 0.3 is 0 Å². The molecule has 1 aromatic rings. The summed E-state index contributed by atoms with van der Waals surface area (Å²) < 4.78 is 9.50. The minimum absolute atomic E-state index is 0.181. The Bertz CT molecular complexity index is 825. The topological polar surface area (TPSA) is 23.6 Å². The van der Waals surface area contributed by atoms with E-state index in [2.05, 4.69) is 66.1 Å². The number of likely N-dealkylation sites (tertiary alicyclic amines) is 2. The van der Waals surface area contributed by atoms with Gasteiger partial charge in [0.2, 0.25) is 5.91 Å². The van der Waals surface area contributed by atoms with Gasteiger partial charge in [0.15, 0.2) is 0 Å². The molecule has 5 rings (SSSR count). The van der Waals surface area contributed by atoms with Crippen molar-refractivity contribution in [2.24, 2.45) is 23.7 Å². The number of nitrogens with zero attached hydrogens (tertiary/aromatic N) is 2. The van der Waals surface area contributed by atoms with E-state index in [4.69, 9.17) is 0 Å². The van der Waals surface area contributed by atoms with Crippen molar-refractivity contribution >= 4 is 5.91 Å². The summed E-state index contributed by atoms with van der Waals surface area (Å²) in [6.07, 6.45) is 10.2. The molecule has 2 aliphatic heterocycles. The first kappa shape index (κ1) is 25.7. The number of carbonyl (C=O) groups is 1. The average Bonchev–Trinajstić information content (AvgIpc) is 3.52. The smallest absolute Gasteiger partial charge is 0.230 e. The Morgan fingerprint density at radius 1 is 1.00 bits per heavy atom. The van der Waals surface area contributed by atoms with E-state index in [1.54, 1.807) is 0 Å². The fourth-order valence-electron chi connectivity index (χ4n) is 5.76. The molecule has 0 N–H and O–H groups in total. The molecule has 0 radical (unpaired) electrons. The van der Waals surface area contributed by atoms with E-state index in [0.29, 0.717) is 25.0 Å². The average molecular weight is 455 g/mol. The van der Waals surface area contributed by atoms with Crippen molar-refractivity contribution in [3.05, 3.63) is 59.3 Å². The molecule has 33 heavy (non-hydrogen) atoms. The van der Waals surface area contributed by atoms with Crippen LogP contribution in [0.15, 0.2) is 53.8 Å². The first-order chi connectivity index (χ1) is 16.2. The van der Waals surface area contributed by atoms with Crippen LogP contribution in [0.1, 0.15) is 58.9 Å². The lowest BCUT2D eigenvalue weighted by Crippen LogP contribution is -2.51. The Hall–Kier alpha value is -1.94. The molecule has 3 fully saturated rings. The zero-order valence-corrected chi connectivity index (χ0v) is 21.3. The minimum atomic E-state index is 0.181. The van der Waals surface area contributed by atoms with Crippen LogP contribution < -0.4 is 0 Å². The number of benzene rings is 1. The third-order valence-electron chi connectivity index (χ3n) is 7.88. The van der Waals surface area contributed by atoms with Crippen LogP contribution in [0.25, 0.3) is 0 Å². The van der Waals surface area contributed by atoms with Crippen LogP contribution in [-0.2, 0) is 11.2 Å². The summed E-state index contributed by atoms with van der Waals surface area (Å²) in [6.45, 7) is 11.9. The Morgan fingerprint density at radius 3 is 2.27 bits per heavy atom. The molecule has 0 spiro atoms. The minimum Gasteiger partial charge on any atom is -0.309 e. The quantitative estimate of drug-likeness (QED) is 0.523. The van der Waals surface area contributed by atoms with Gasteiger partial charge in [-0.25, -0.2) is 0 Å². The van der Waals surface area contributed by atoms with Gasteiger partial charge in [-0.1, -0.05) is 70.2 Å². The number of alkyl halides is 1. The van der Waals surface area contributed by atoms with Crippen LogP contribution in [-0.4, -0.2) is 48.6 Å². The van der Waals surface area contributed by atoms with Gasteiger partial charge in [0.1, 0.15) is 0 Å². The standard InChI is InChI=1S/C26H34N2O.C2H6.CH3F/c1-3-20-15-21-16-23-18(2)24(23)17-25(21)28(26(20)29)22-10-13-27(14-11-22)12-9-19-7-5-4-6-8-19;2*1-2/h4-8,16-18,20,22-24H,3,9-15H2,1-2H3;1-2H3;1H3. The van der Waals surface area contributed by atoms with Crippen LogP contribution in [0.3, 0.4) is 0 Å². The van der Waals surface area contributed by atoms with Gasteiger partial charge in [0.05, 0.1) is 7.18 Å². The fourth-order valence-corrected chi connectivity index (χ4v) is 5.76. The van der Waals surface area contributed by atoms with Crippen LogP contribution in [0.2, 0.25) is 0 Å². The molecule has 1 aromatic carbocycles. The third kappa shape index (κ3) is 5.59. The molecular formula is C29H43FN2O. The van der Waals surface area contributed by atoms with Gasteiger partial charge in [0.25, 0.3) is 0 Å². The van der Waals surface area contributed by atoms with Gasteiger partial charge in [-0.3, -0.25) is 9.18 Å². The van der Waals surface area contributed by atoms with E-state index in [1.807, 2.05) is 13.8 Å². The third-order valence-corrected chi connectivity index (χ3v) is 7.88. The van der Waals surface area contributed by atoms with Crippen LogP contribution in [0.5, 0.6) is 0 Å². The number of carbonyl (C=O) groups excluding carboxylic acids is 1. The monoisotopic (exact) mass is 454 g/mol. The Labute approximate surface area is 200 Å². The molecule has 4 aliphatic rings. The van der Waals surface area contributed by atoms with Gasteiger partial charge in [-0.2, -0.15) is 0 Å². The normalized spacial score (nSPS) is 28.8. The van der Waals surface area contributed by atoms with Crippen molar-refractivity contribution in [1.82, 2.24) is 9.80 Å². The predicted octanol–water partition coefficient (Wildman–Crippen LogP) is 6.27. The largest absolute Gasteiger partial charge is 0.309 e. The highest BCUT2D eigenvalue weighted by atomic mass is 19.1. The zero-order chi connectivity index (χ0) is 24.0. The first-order valence-electron chi connectivity index (χ1n) is 13.1. The van der Waals surface area contributed by atoms with Crippen molar-refractivity contribution in [2.75, 3.05) is 26.8 Å². The zero-order valence-electron chi connectivity index (χ0n) is 21.3. The molecule has 4 unspecified atom stereocenters. The van der Waals surface area contributed by atoms with E-state index < -0.39 is 0 Å². The van der Waals surface area contributed by atoms with Gasteiger partial charge in [-0.15, -0.1) is 0 Å². The first-order valence-corrected chi connectivity index (χ1v) is 13.1. The molecule has 1 saturated carbocycles. The summed E-state index contributed by atoms with van der Waals surface area (Å²) in [5.74, 6) is 2.75. The van der Waals surface area contributed by atoms with E-state index in [-0.39, 0.29) is 5.92 Å². The molecule has 0 bridgehead atoms. The van der Waals surface area contributed by atoms with Crippen molar-refractivity contribution in [2.45, 2.75) is 65.8 Å². The lowest BCUT2D eigenvalue weighted by atomic mass is 9.83. The lowest BCUT2D eigenvalue weighted by molar-refractivity contribution is -0.137. The SMILES string of the molecule is CC.CCC1CC2=CC3C(C)C3C=C2N(C2CCN(CCc3ccccc3)CC2)C1=O.CF. The molecule has 0 aromatic heterocycles. The highest BCUT2D eigenvalue weighted by Gasteiger charge is 2.49. The summed E-state index contributed by atoms with van der Waals surface area (Å²) in [5.41, 5.74) is 4.17. The van der Waals surface area contributed by atoms with Crippen molar-refractivity contribution in [3.8, 4) is 0 Å². The fraction of sp³-hybridized carbons (Fsp3) is 0.621. The summed E-state index contributed by atoms with van der Waals surface area (Å²) in [6, 6.07) is 11.2. The van der Waals surface area contributed by atoms with Crippen LogP contribution >= 0.6 is 0 Å². The molecule has 1 amide bonds. The molecule has 4 atom stereocenters. The van der Waals surface area contributed by atoms with Crippen molar-refractivity contribution < 1.29 is 9.18 Å². The Morgan fingerprint density at radius 2 is 1.64 bits per heavy atom. The Balaban J connectivity index is 0.000000728. The number of fused-ring (bicyclic) bond motifs is 2. The van der Waals surface area contributed by atoms with Crippen LogP contribution in [0, 0.1) is 23.7 Å². The highest BCUT2D eigenvalue weighted by molar-refractivity contribution is 5.84.